The number of benzene rings is 1. The normalized spacial score (nSPS) is 17.1. The first-order chi connectivity index (χ1) is 13.2. The van der Waals surface area contributed by atoms with Gasteiger partial charge in [-0.05, 0) is 41.6 Å². The number of aliphatic hydroxyl groups is 1. The lowest BCUT2D eigenvalue weighted by Gasteiger charge is -2.16. The van der Waals surface area contributed by atoms with E-state index in [-0.39, 0.29) is 6.10 Å². The van der Waals surface area contributed by atoms with Gasteiger partial charge in [-0.1, -0.05) is 12.1 Å². The van der Waals surface area contributed by atoms with Crippen LogP contribution in [0.4, 0.5) is 11.6 Å². The molecule has 0 radical (unpaired) electrons. The molecule has 5 rings (SSSR count). The van der Waals surface area contributed by atoms with Gasteiger partial charge in [0.15, 0.2) is 5.65 Å². The first-order valence-corrected chi connectivity index (χ1v) is 9.11. The monoisotopic (exact) mass is 360 g/mol. The fourth-order valence-corrected chi connectivity index (χ4v) is 3.50. The SMILES string of the molecule is O[C@H]1CCN(c2ccc3ncc(NCc4ccc5cc[nH]c5c4)nc3n2)C1. The Kier molecular flexibility index (Phi) is 3.86. The number of hydrogen-bond donors (Lipinski definition) is 3. The Morgan fingerprint density at radius 3 is 3.04 bits per heavy atom. The molecule has 3 N–H and O–H groups in total. The topological polar surface area (TPSA) is 90.0 Å². The molecule has 1 fully saturated rings. The van der Waals surface area contributed by atoms with E-state index in [9.17, 15) is 5.11 Å². The third-order valence-corrected chi connectivity index (χ3v) is 4.97. The summed E-state index contributed by atoms with van der Waals surface area (Å²) in [6.45, 7) is 2.09. The first kappa shape index (κ1) is 16.0. The molecule has 7 nitrogen and oxygen atoms in total. The van der Waals surface area contributed by atoms with Crippen LogP contribution in [0.1, 0.15) is 12.0 Å². The minimum absolute atomic E-state index is 0.279. The highest BCUT2D eigenvalue weighted by Crippen LogP contribution is 2.21. The van der Waals surface area contributed by atoms with Crippen LogP contribution in [-0.2, 0) is 6.54 Å². The third-order valence-electron chi connectivity index (χ3n) is 4.97. The lowest BCUT2D eigenvalue weighted by atomic mass is 10.1. The van der Waals surface area contributed by atoms with Crippen molar-refractivity contribution in [1.82, 2.24) is 19.9 Å². The zero-order chi connectivity index (χ0) is 18.2. The fraction of sp³-hybridized carbons (Fsp3) is 0.250. The molecule has 27 heavy (non-hydrogen) atoms. The number of nitrogens with one attached hydrogen (secondary N) is 2. The number of H-pyrrole nitrogens is 1. The molecule has 4 aromatic rings. The maximum absolute atomic E-state index is 9.74. The Bertz CT molecular complexity index is 1110. The Balaban J connectivity index is 1.36. The molecule has 1 aliphatic heterocycles. The summed E-state index contributed by atoms with van der Waals surface area (Å²) in [6, 6.07) is 12.3. The van der Waals surface area contributed by atoms with Gasteiger partial charge >= 0.3 is 0 Å². The zero-order valence-corrected chi connectivity index (χ0v) is 14.8. The summed E-state index contributed by atoms with van der Waals surface area (Å²) in [6.07, 6.45) is 4.17. The van der Waals surface area contributed by atoms with Crippen molar-refractivity contribution in [2.24, 2.45) is 0 Å². The van der Waals surface area contributed by atoms with Crippen molar-refractivity contribution in [2.45, 2.75) is 19.1 Å². The van der Waals surface area contributed by atoms with Crippen LogP contribution in [0.2, 0.25) is 0 Å². The van der Waals surface area contributed by atoms with Gasteiger partial charge in [0.05, 0.1) is 12.3 Å². The van der Waals surface area contributed by atoms with Gasteiger partial charge in [-0.2, -0.15) is 0 Å². The van der Waals surface area contributed by atoms with Crippen LogP contribution in [0.3, 0.4) is 0 Å². The van der Waals surface area contributed by atoms with E-state index in [1.54, 1.807) is 6.20 Å². The lowest BCUT2D eigenvalue weighted by Crippen LogP contribution is -2.22. The summed E-state index contributed by atoms with van der Waals surface area (Å²) in [5, 5.41) is 14.3. The molecule has 1 saturated heterocycles. The van der Waals surface area contributed by atoms with E-state index in [0.717, 1.165) is 29.8 Å². The average Bonchev–Trinajstić information content (AvgIpc) is 3.34. The molecule has 0 unspecified atom stereocenters. The third kappa shape index (κ3) is 3.17. The molecule has 0 bridgehead atoms. The van der Waals surface area contributed by atoms with E-state index < -0.39 is 0 Å². The van der Waals surface area contributed by atoms with Gasteiger partial charge in [-0.15, -0.1) is 0 Å². The largest absolute Gasteiger partial charge is 0.391 e. The van der Waals surface area contributed by atoms with E-state index in [1.807, 2.05) is 18.3 Å². The van der Waals surface area contributed by atoms with E-state index in [0.29, 0.717) is 24.6 Å². The van der Waals surface area contributed by atoms with Crippen molar-refractivity contribution in [3.63, 3.8) is 0 Å². The number of hydrogen-bond acceptors (Lipinski definition) is 6. The smallest absolute Gasteiger partial charge is 0.182 e. The van der Waals surface area contributed by atoms with Gasteiger partial charge in [0.25, 0.3) is 0 Å². The van der Waals surface area contributed by atoms with Crippen LogP contribution in [0, 0.1) is 0 Å². The second-order valence-electron chi connectivity index (χ2n) is 6.91. The zero-order valence-electron chi connectivity index (χ0n) is 14.8. The predicted octanol–water partition coefficient (Wildman–Crippen LogP) is 2.69. The number of aliphatic hydroxyl groups excluding tert-OH is 1. The minimum Gasteiger partial charge on any atom is -0.391 e. The highest BCUT2D eigenvalue weighted by molar-refractivity contribution is 5.80. The lowest BCUT2D eigenvalue weighted by molar-refractivity contribution is 0.198. The Hall–Kier alpha value is -3.19. The number of rotatable bonds is 4. The van der Waals surface area contributed by atoms with Crippen LogP contribution < -0.4 is 10.2 Å². The Morgan fingerprint density at radius 1 is 1.19 bits per heavy atom. The molecule has 0 saturated carbocycles. The van der Waals surface area contributed by atoms with Crippen LogP contribution >= 0.6 is 0 Å². The molecule has 7 heteroatoms. The van der Waals surface area contributed by atoms with Crippen molar-refractivity contribution in [1.29, 1.82) is 0 Å². The maximum atomic E-state index is 9.74. The summed E-state index contributed by atoms with van der Waals surface area (Å²) in [5.41, 5.74) is 3.66. The van der Waals surface area contributed by atoms with Crippen molar-refractivity contribution in [3.05, 3.63) is 54.4 Å². The van der Waals surface area contributed by atoms with Crippen molar-refractivity contribution >= 4 is 33.7 Å². The molecule has 0 amide bonds. The Labute approximate surface area is 156 Å². The van der Waals surface area contributed by atoms with Gasteiger partial charge in [-0.3, -0.25) is 0 Å². The highest BCUT2D eigenvalue weighted by Gasteiger charge is 2.21. The van der Waals surface area contributed by atoms with Gasteiger partial charge < -0.3 is 20.3 Å². The van der Waals surface area contributed by atoms with Crippen LogP contribution in [0.15, 0.2) is 48.8 Å². The van der Waals surface area contributed by atoms with Crippen LogP contribution in [0.25, 0.3) is 22.1 Å². The van der Waals surface area contributed by atoms with Crippen molar-refractivity contribution < 1.29 is 5.11 Å². The summed E-state index contributed by atoms with van der Waals surface area (Å²) in [7, 11) is 0. The molecule has 1 aliphatic rings. The molecule has 136 valence electrons. The Morgan fingerprint density at radius 2 is 2.15 bits per heavy atom. The molecule has 4 heterocycles. The summed E-state index contributed by atoms with van der Waals surface area (Å²) >= 11 is 0. The number of aromatic amines is 1. The molecule has 3 aromatic heterocycles. The van der Waals surface area contributed by atoms with Crippen molar-refractivity contribution in [3.8, 4) is 0 Å². The summed E-state index contributed by atoms with van der Waals surface area (Å²) < 4.78 is 0. The van der Waals surface area contributed by atoms with E-state index in [4.69, 9.17) is 0 Å². The predicted molar refractivity (Wildman–Crippen MR) is 106 cm³/mol. The van der Waals surface area contributed by atoms with Gasteiger partial charge in [0.1, 0.15) is 17.2 Å². The molecule has 0 spiro atoms. The quantitative estimate of drug-likeness (QED) is 0.518. The second kappa shape index (κ2) is 6.51. The maximum Gasteiger partial charge on any atom is 0.182 e. The molecular formula is C20H20N6O. The number of aromatic nitrogens is 4. The average molecular weight is 360 g/mol. The second-order valence-corrected chi connectivity index (χ2v) is 6.91. The summed E-state index contributed by atoms with van der Waals surface area (Å²) in [5.74, 6) is 1.53. The number of fused-ring (bicyclic) bond motifs is 2. The molecular weight excluding hydrogens is 340 g/mol. The number of pyridine rings is 1. The van der Waals surface area contributed by atoms with Crippen LogP contribution in [0.5, 0.6) is 0 Å². The molecule has 1 atom stereocenters. The fourth-order valence-electron chi connectivity index (χ4n) is 3.50. The number of anilines is 2. The van der Waals surface area contributed by atoms with Gasteiger partial charge in [-0.25, -0.2) is 15.0 Å². The van der Waals surface area contributed by atoms with E-state index in [1.165, 1.54) is 10.9 Å². The summed E-state index contributed by atoms with van der Waals surface area (Å²) in [4.78, 5) is 19.0. The van der Waals surface area contributed by atoms with Crippen molar-refractivity contribution in [2.75, 3.05) is 23.3 Å². The molecule has 0 aliphatic carbocycles. The number of nitrogens with zero attached hydrogens (tertiary/aromatic N) is 4. The van der Waals surface area contributed by atoms with Gasteiger partial charge in [0.2, 0.25) is 0 Å². The first-order valence-electron chi connectivity index (χ1n) is 9.11. The standard InChI is InChI=1S/C20H20N6O/c27-15-6-8-26(12-15)19-4-3-16-20(25-19)24-18(11-22-16)23-10-13-1-2-14-5-7-21-17(14)9-13/h1-5,7,9,11,15,21,27H,6,8,10,12H2,(H,23,24,25)/t15-/m0/s1. The number of β-amino-alcohol motifs (C(OH)–C–C–N with tert-alkyl or cyclic N) is 1. The highest BCUT2D eigenvalue weighted by atomic mass is 16.3. The van der Waals surface area contributed by atoms with Crippen LogP contribution in [-0.4, -0.2) is 44.2 Å². The molecule has 1 aromatic carbocycles. The van der Waals surface area contributed by atoms with Gasteiger partial charge in [0, 0.05) is 31.3 Å². The van der Waals surface area contributed by atoms with E-state index in [2.05, 4.69) is 54.4 Å². The van der Waals surface area contributed by atoms with E-state index >= 15 is 0 Å². The minimum atomic E-state index is -0.279.